The third-order valence-corrected chi connectivity index (χ3v) is 3.76. The molecule has 0 fully saturated rings. The first-order valence-electron chi connectivity index (χ1n) is 7.88. The largest absolute Gasteiger partial charge is 0.491 e. The van der Waals surface area contributed by atoms with Crippen molar-refractivity contribution in [2.45, 2.75) is 6.92 Å². The summed E-state index contributed by atoms with van der Waals surface area (Å²) in [5.74, 6) is 0.541. The van der Waals surface area contributed by atoms with Gasteiger partial charge in [0, 0.05) is 17.3 Å². The van der Waals surface area contributed by atoms with E-state index in [1.165, 1.54) is 0 Å². The number of hydrogen-bond donors (Lipinski definition) is 2. The number of carbonyl (C=O) groups is 1. The summed E-state index contributed by atoms with van der Waals surface area (Å²) in [6.45, 7) is 3.74. The number of nitrogens with one attached hydrogen (secondary N) is 2. The van der Waals surface area contributed by atoms with Crippen molar-refractivity contribution in [3.63, 3.8) is 0 Å². The third-order valence-electron chi connectivity index (χ3n) is 3.21. The fourth-order valence-corrected chi connectivity index (χ4v) is 2.49. The Bertz CT molecular complexity index is 693. The summed E-state index contributed by atoms with van der Waals surface area (Å²) in [6.07, 6.45) is 0. The normalized spacial score (nSPS) is 10.4. The lowest BCUT2D eigenvalue weighted by atomic mass is 10.3. The van der Waals surface area contributed by atoms with Crippen molar-refractivity contribution in [2.24, 2.45) is 0 Å². The molecule has 25 heavy (non-hydrogen) atoms. The molecule has 2 aromatic carbocycles. The molecule has 0 aliphatic heterocycles. The molecule has 0 aromatic heterocycles. The van der Waals surface area contributed by atoms with E-state index in [2.05, 4.69) is 10.6 Å². The van der Waals surface area contributed by atoms with Crippen molar-refractivity contribution in [3.8, 4) is 5.75 Å². The van der Waals surface area contributed by atoms with E-state index in [9.17, 15) is 4.79 Å². The van der Waals surface area contributed by atoms with E-state index >= 15 is 0 Å². The van der Waals surface area contributed by atoms with E-state index < -0.39 is 0 Å². The highest BCUT2D eigenvalue weighted by atomic mass is 35.5. The second-order valence-electron chi connectivity index (χ2n) is 5.10. The van der Waals surface area contributed by atoms with Crippen LogP contribution in [0.2, 0.25) is 10.0 Å². The SMILES string of the molecule is CCOCCOc1ccc(NC(=O)CNc2ccc(Cl)cc2Cl)cc1. The topological polar surface area (TPSA) is 59.6 Å². The smallest absolute Gasteiger partial charge is 0.243 e. The van der Waals surface area contributed by atoms with Gasteiger partial charge in [-0.25, -0.2) is 0 Å². The lowest BCUT2D eigenvalue weighted by Crippen LogP contribution is -2.21. The summed E-state index contributed by atoms with van der Waals surface area (Å²) in [5.41, 5.74) is 1.34. The van der Waals surface area contributed by atoms with Crippen molar-refractivity contribution in [2.75, 3.05) is 37.0 Å². The van der Waals surface area contributed by atoms with Gasteiger partial charge in [-0.1, -0.05) is 23.2 Å². The number of ether oxygens (including phenoxy) is 2. The summed E-state index contributed by atoms with van der Waals surface area (Å²) >= 11 is 11.9. The first-order chi connectivity index (χ1) is 12.1. The van der Waals surface area contributed by atoms with Crippen molar-refractivity contribution < 1.29 is 14.3 Å². The summed E-state index contributed by atoms with van der Waals surface area (Å²) in [5, 5.41) is 6.78. The molecule has 0 unspecified atom stereocenters. The number of anilines is 2. The van der Waals surface area contributed by atoms with Gasteiger partial charge in [-0.05, 0) is 49.4 Å². The molecule has 0 saturated heterocycles. The average Bonchev–Trinajstić information content (AvgIpc) is 2.59. The highest BCUT2D eigenvalue weighted by Crippen LogP contribution is 2.25. The minimum absolute atomic E-state index is 0.0912. The molecule has 134 valence electrons. The molecular formula is C18H20Cl2N2O3. The lowest BCUT2D eigenvalue weighted by Gasteiger charge is -2.10. The molecule has 1 amide bonds. The highest BCUT2D eigenvalue weighted by Gasteiger charge is 2.05. The minimum atomic E-state index is -0.184. The zero-order valence-electron chi connectivity index (χ0n) is 13.9. The van der Waals surface area contributed by atoms with Crippen LogP contribution in [-0.4, -0.2) is 32.3 Å². The molecule has 0 aliphatic rings. The Kier molecular flexibility index (Phi) is 7.85. The van der Waals surface area contributed by atoms with Crippen LogP contribution in [0.25, 0.3) is 0 Å². The van der Waals surface area contributed by atoms with Gasteiger partial charge in [0.2, 0.25) is 5.91 Å². The summed E-state index contributed by atoms with van der Waals surface area (Å²) in [6, 6.07) is 12.2. The molecule has 0 atom stereocenters. The van der Waals surface area contributed by atoms with E-state index in [1.54, 1.807) is 42.5 Å². The van der Waals surface area contributed by atoms with Gasteiger partial charge in [0.1, 0.15) is 12.4 Å². The Morgan fingerprint density at radius 2 is 1.84 bits per heavy atom. The van der Waals surface area contributed by atoms with Crippen molar-refractivity contribution >= 4 is 40.5 Å². The second kappa shape index (κ2) is 10.1. The van der Waals surface area contributed by atoms with Crippen LogP contribution in [0.3, 0.4) is 0 Å². The quantitative estimate of drug-likeness (QED) is 0.628. The monoisotopic (exact) mass is 382 g/mol. The summed E-state index contributed by atoms with van der Waals surface area (Å²) in [7, 11) is 0. The van der Waals surface area contributed by atoms with Crippen LogP contribution >= 0.6 is 23.2 Å². The molecule has 0 heterocycles. The Morgan fingerprint density at radius 3 is 2.52 bits per heavy atom. The van der Waals surface area contributed by atoms with Crippen molar-refractivity contribution in [1.29, 1.82) is 0 Å². The van der Waals surface area contributed by atoms with Crippen LogP contribution in [0.1, 0.15) is 6.92 Å². The zero-order valence-corrected chi connectivity index (χ0v) is 15.4. The van der Waals surface area contributed by atoms with E-state index in [1.807, 2.05) is 6.92 Å². The molecule has 2 N–H and O–H groups in total. The van der Waals surface area contributed by atoms with E-state index in [-0.39, 0.29) is 12.5 Å². The Balaban J connectivity index is 1.78. The maximum atomic E-state index is 12.0. The van der Waals surface area contributed by atoms with Crippen molar-refractivity contribution in [1.82, 2.24) is 0 Å². The predicted molar refractivity (Wildman–Crippen MR) is 102 cm³/mol. The Labute approximate surface area is 157 Å². The molecular weight excluding hydrogens is 363 g/mol. The Hall–Kier alpha value is -1.95. The lowest BCUT2D eigenvalue weighted by molar-refractivity contribution is -0.114. The second-order valence-corrected chi connectivity index (χ2v) is 5.94. The van der Waals surface area contributed by atoms with Gasteiger partial charge >= 0.3 is 0 Å². The van der Waals surface area contributed by atoms with Gasteiger partial charge in [0.25, 0.3) is 0 Å². The maximum Gasteiger partial charge on any atom is 0.243 e. The number of halogens is 2. The highest BCUT2D eigenvalue weighted by molar-refractivity contribution is 6.36. The van der Waals surface area contributed by atoms with Crippen LogP contribution in [0.5, 0.6) is 5.75 Å². The van der Waals surface area contributed by atoms with Gasteiger partial charge in [-0.3, -0.25) is 4.79 Å². The van der Waals surface area contributed by atoms with Gasteiger partial charge in [-0.15, -0.1) is 0 Å². The molecule has 2 rings (SSSR count). The fourth-order valence-electron chi connectivity index (χ4n) is 2.01. The average molecular weight is 383 g/mol. The number of benzene rings is 2. The predicted octanol–water partition coefficient (Wildman–Crippen LogP) is 4.46. The first-order valence-corrected chi connectivity index (χ1v) is 8.63. The molecule has 5 nitrogen and oxygen atoms in total. The first kappa shape index (κ1) is 19.4. The van der Waals surface area contributed by atoms with Crippen LogP contribution in [0.4, 0.5) is 11.4 Å². The van der Waals surface area contributed by atoms with Crippen molar-refractivity contribution in [3.05, 3.63) is 52.5 Å². The molecule has 0 bridgehead atoms. The molecule has 0 radical (unpaired) electrons. The summed E-state index contributed by atoms with van der Waals surface area (Å²) in [4.78, 5) is 12.0. The standard InChI is InChI=1S/C18H20Cl2N2O3/c1-2-24-9-10-25-15-6-4-14(5-7-15)22-18(23)12-21-17-8-3-13(19)11-16(17)20/h3-8,11,21H,2,9-10,12H2,1H3,(H,22,23). The zero-order chi connectivity index (χ0) is 18.1. The third kappa shape index (κ3) is 6.82. The van der Waals surface area contributed by atoms with Gasteiger partial charge in [0.15, 0.2) is 0 Å². The number of rotatable bonds is 9. The molecule has 7 heteroatoms. The number of hydrogen-bond acceptors (Lipinski definition) is 4. The minimum Gasteiger partial charge on any atom is -0.491 e. The van der Waals surface area contributed by atoms with E-state index in [0.717, 1.165) is 5.75 Å². The fraction of sp³-hybridized carbons (Fsp3) is 0.278. The number of amides is 1. The van der Waals surface area contributed by atoms with Gasteiger partial charge in [-0.2, -0.15) is 0 Å². The number of carbonyl (C=O) groups excluding carboxylic acids is 1. The van der Waals surface area contributed by atoms with Crippen LogP contribution in [0, 0.1) is 0 Å². The van der Waals surface area contributed by atoms with Gasteiger partial charge in [0.05, 0.1) is 23.9 Å². The summed E-state index contributed by atoms with van der Waals surface area (Å²) < 4.78 is 10.7. The van der Waals surface area contributed by atoms with Crippen LogP contribution in [-0.2, 0) is 9.53 Å². The van der Waals surface area contributed by atoms with Crippen LogP contribution in [0.15, 0.2) is 42.5 Å². The van der Waals surface area contributed by atoms with Crippen LogP contribution < -0.4 is 15.4 Å². The molecule has 0 aliphatic carbocycles. The van der Waals surface area contributed by atoms with E-state index in [0.29, 0.717) is 41.2 Å². The Morgan fingerprint density at radius 1 is 1.08 bits per heavy atom. The maximum absolute atomic E-state index is 12.0. The molecule has 2 aromatic rings. The molecule has 0 saturated carbocycles. The van der Waals surface area contributed by atoms with Gasteiger partial charge < -0.3 is 20.1 Å². The van der Waals surface area contributed by atoms with E-state index in [4.69, 9.17) is 32.7 Å². The molecule has 0 spiro atoms.